The van der Waals surface area contributed by atoms with E-state index in [0.29, 0.717) is 28.1 Å². The highest BCUT2D eigenvalue weighted by Gasteiger charge is 2.36. The van der Waals surface area contributed by atoms with Crippen LogP contribution in [0.1, 0.15) is 37.3 Å². The molecule has 0 aromatic heterocycles. The van der Waals surface area contributed by atoms with Crippen molar-refractivity contribution >= 4 is 40.8 Å². The van der Waals surface area contributed by atoms with E-state index in [2.05, 4.69) is 31.3 Å². The first-order valence-electron chi connectivity index (χ1n) is 12.1. The lowest BCUT2D eigenvalue weighted by molar-refractivity contribution is -0.151. The molecule has 3 aromatic rings. The normalized spacial score (nSPS) is 15.1. The summed E-state index contributed by atoms with van der Waals surface area (Å²) in [5.74, 6) is -0.0928. The number of ether oxygens (including phenoxy) is 2. The molecule has 1 aliphatic rings. The molecule has 0 spiro atoms. The van der Waals surface area contributed by atoms with Crippen molar-refractivity contribution in [2.75, 3.05) is 23.4 Å². The van der Waals surface area contributed by atoms with Gasteiger partial charge in [-0.05, 0) is 78.6 Å². The lowest BCUT2D eigenvalue weighted by atomic mass is 10.0. The van der Waals surface area contributed by atoms with Crippen LogP contribution in [0.4, 0.5) is 11.4 Å². The predicted molar refractivity (Wildman–Crippen MR) is 143 cm³/mol. The van der Waals surface area contributed by atoms with E-state index < -0.39 is 24.4 Å². The minimum atomic E-state index is -0.646. The largest absolute Gasteiger partial charge is 0.457 e. The summed E-state index contributed by atoms with van der Waals surface area (Å²) in [6.07, 6.45) is 0.0247. The molecule has 1 fully saturated rings. The van der Waals surface area contributed by atoms with Crippen LogP contribution in [0.2, 0.25) is 5.02 Å². The number of carbonyl (C=O) groups is 3. The molecule has 1 saturated heterocycles. The van der Waals surface area contributed by atoms with Crippen molar-refractivity contribution in [1.82, 2.24) is 0 Å². The van der Waals surface area contributed by atoms with Crippen molar-refractivity contribution < 1.29 is 23.9 Å². The number of rotatable bonds is 8. The Bertz CT molecular complexity index is 1290. The second kappa shape index (κ2) is 11.5. The fourth-order valence-corrected chi connectivity index (χ4v) is 4.25. The summed E-state index contributed by atoms with van der Waals surface area (Å²) >= 11 is 5.83. The van der Waals surface area contributed by atoms with E-state index in [0.717, 1.165) is 16.9 Å². The van der Waals surface area contributed by atoms with Crippen LogP contribution in [-0.4, -0.2) is 30.9 Å². The first kappa shape index (κ1) is 26.2. The molecule has 1 N–H and O–H groups in total. The van der Waals surface area contributed by atoms with Crippen LogP contribution < -0.4 is 15.0 Å². The monoisotopic (exact) mass is 520 g/mol. The molecular formula is C29H29ClN2O5. The van der Waals surface area contributed by atoms with Gasteiger partial charge in [-0.1, -0.05) is 37.6 Å². The molecule has 0 radical (unpaired) electrons. The van der Waals surface area contributed by atoms with E-state index in [1.165, 1.54) is 0 Å². The van der Waals surface area contributed by atoms with E-state index >= 15 is 0 Å². The number of amides is 2. The molecule has 3 aromatic carbocycles. The standard InChI is InChI=1S/C29H29ClN2O5/c1-18(2)25-13-4-19(3)14-26(25)37-24-11-9-23(10-12-24)32-16-20(15-28(32)34)29(35)36-17-27(33)31-22-7-5-21(30)6-8-22/h4-14,18,20H,15-17H2,1-3H3,(H,31,33)/t20-/m1/s1. The molecule has 4 rings (SSSR count). The molecule has 7 nitrogen and oxygen atoms in total. The number of carbonyl (C=O) groups excluding carboxylic acids is 3. The second-order valence-corrected chi connectivity index (χ2v) is 9.80. The third kappa shape index (κ3) is 6.68. The zero-order valence-electron chi connectivity index (χ0n) is 21.0. The second-order valence-electron chi connectivity index (χ2n) is 9.36. The minimum Gasteiger partial charge on any atom is -0.457 e. The van der Waals surface area contributed by atoms with Crippen LogP contribution in [0.15, 0.2) is 66.7 Å². The number of anilines is 2. The van der Waals surface area contributed by atoms with Crippen LogP contribution in [0.5, 0.6) is 11.5 Å². The number of hydrogen-bond acceptors (Lipinski definition) is 5. The van der Waals surface area contributed by atoms with Crippen molar-refractivity contribution in [3.8, 4) is 11.5 Å². The van der Waals surface area contributed by atoms with Gasteiger partial charge in [-0.25, -0.2) is 0 Å². The summed E-state index contributed by atoms with van der Waals surface area (Å²) in [4.78, 5) is 38.8. The Labute approximate surface area is 221 Å². The Kier molecular flexibility index (Phi) is 8.14. The molecule has 0 bridgehead atoms. The summed E-state index contributed by atoms with van der Waals surface area (Å²) in [5.41, 5.74) is 3.44. The maximum Gasteiger partial charge on any atom is 0.311 e. The van der Waals surface area contributed by atoms with Gasteiger partial charge in [-0.15, -0.1) is 0 Å². The third-order valence-electron chi connectivity index (χ3n) is 6.10. The van der Waals surface area contributed by atoms with Crippen molar-refractivity contribution in [3.05, 3.63) is 82.9 Å². The quantitative estimate of drug-likeness (QED) is 0.363. The van der Waals surface area contributed by atoms with E-state index in [1.54, 1.807) is 41.3 Å². The topological polar surface area (TPSA) is 84.9 Å². The van der Waals surface area contributed by atoms with Crippen molar-refractivity contribution in [2.24, 2.45) is 5.92 Å². The molecule has 37 heavy (non-hydrogen) atoms. The fourth-order valence-electron chi connectivity index (χ4n) is 4.13. The van der Waals surface area contributed by atoms with Gasteiger partial charge in [0.15, 0.2) is 6.61 Å². The number of nitrogens with one attached hydrogen (secondary N) is 1. The van der Waals surface area contributed by atoms with Crippen LogP contribution in [0.25, 0.3) is 0 Å². The predicted octanol–water partition coefficient (Wildman–Crippen LogP) is 6.10. The van der Waals surface area contributed by atoms with Gasteiger partial charge in [0.1, 0.15) is 11.5 Å². The number of hydrogen-bond donors (Lipinski definition) is 1. The van der Waals surface area contributed by atoms with Crippen molar-refractivity contribution in [3.63, 3.8) is 0 Å². The third-order valence-corrected chi connectivity index (χ3v) is 6.35. The van der Waals surface area contributed by atoms with Gasteiger partial charge in [0.2, 0.25) is 5.91 Å². The van der Waals surface area contributed by atoms with E-state index in [9.17, 15) is 14.4 Å². The number of nitrogens with zero attached hydrogens (tertiary/aromatic N) is 1. The Morgan fingerprint density at radius 1 is 1.05 bits per heavy atom. The van der Waals surface area contributed by atoms with Gasteiger partial charge in [0.25, 0.3) is 5.91 Å². The Hall–Kier alpha value is -3.84. The van der Waals surface area contributed by atoms with Crippen LogP contribution in [0, 0.1) is 12.8 Å². The molecular weight excluding hydrogens is 492 g/mol. The molecule has 2 amide bonds. The molecule has 0 unspecified atom stereocenters. The SMILES string of the molecule is Cc1ccc(C(C)C)c(Oc2ccc(N3C[C@H](C(=O)OCC(=O)Nc4ccc(Cl)cc4)CC3=O)cc2)c1. The number of esters is 1. The number of benzene rings is 3. The van der Waals surface area contributed by atoms with Gasteiger partial charge in [0, 0.05) is 29.4 Å². The summed E-state index contributed by atoms with van der Waals surface area (Å²) < 4.78 is 11.3. The average Bonchev–Trinajstić information content (AvgIpc) is 3.26. The van der Waals surface area contributed by atoms with Crippen LogP contribution >= 0.6 is 11.6 Å². The molecule has 8 heteroatoms. The molecule has 1 heterocycles. The first-order chi connectivity index (χ1) is 17.7. The van der Waals surface area contributed by atoms with E-state index in [1.807, 2.05) is 25.1 Å². The molecule has 0 saturated carbocycles. The Morgan fingerprint density at radius 2 is 1.76 bits per heavy atom. The zero-order valence-corrected chi connectivity index (χ0v) is 21.7. The molecule has 1 aliphatic heterocycles. The summed E-state index contributed by atoms with van der Waals surface area (Å²) in [7, 11) is 0. The summed E-state index contributed by atoms with van der Waals surface area (Å²) in [6.45, 7) is 6.01. The van der Waals surface area contributed by atoms with Gasteiger partial charge in [-0.2, -0.15) is 0 Å². The van der Waals surface area contributed by atoms with Gasteiger partial charge in [-0.3, -0.25) is 14.4 Å². The summed E-state index contributed by atoms with van der Waals surface area (Å²) in [5, 5.41) is 3.18. The molecule has 1 atom stereocenters. The smallest absolute Gasteiger partial charge is 0.311 e. The maximum absolute atomic E-state index is 12.6. The Morgan fingerprint density at radius 3 is 2.43 bits per heavy atom. The molecule has 192 valence electrons. The minimum absolute atomic E-state index is 0.0247. The highest BCUT2D eigenvalue weighted by atomic mass is 35.5. The van der Waals surface area contributed by atoms with E-state index in [-0.39, 0.29) is 18.9 Å². The van der Waals surface area contributed by atoms with Gasteiger partial charge < -0.3 is 19.7 Å². The summed E-state index contributed by atoms with van der Waals surface area (Å²) in [6, 6.07) is 20.0. The van der Waals surface area contributed by atoms with Crippen LogP contribution in [0.3, 0.4) is 0 Å². The van der Waals surface area contributed by atoms with Crippen molar-refractivity contribution in [2.45, 2.75) is 33.1 Å². The number of halogens is 1. The van der Waals surface area contributed by atoms with Gasteiger partial charge >= 0.3 is 5.97 Å². The first-order valence-corrected chi connectivity index (χ1v) is 12.5. The average molecular weight is 521 g/mol. The van der Waals surface area contributed by atoms with Crippen LogP contribution in [-0.2, 0) is 19.1 Å². The lowest BCUT2D eigenvalue weighted by Crippen LogP contribution is -2.28. The highest BCUT2D eigenvalue weighted by molar-refractivity contribution is 6.30. The zero-order chi connectivity index (χ0) is 26.5. The van der Waals surface area contributed by atoms with Gasteiger partial charge in [0.05, 0.1) is 5.92 Å². The maximum atomic E-state index is 12.6. The molecule has 0 aliphatic carbocycles. The number of aryl methyl sites for hydroxylation is 1. The van der Waals surface area contributed by atoms with E-state index in [4.69, 9.17) is 21.1 Å². The lowest BCUT2D eigenvalue weighted by Gasteiger charge is -2.18. The highest BCUT2D eigenvalue weighted by Crippen LogP contribution is 2.33. The fraction of sp³-hybridized carbons (Fsp3) is 0.276. The Balaban J connectivity index is 1.32. The van der Waals surface area contributed by atoms with Crippen molar-refractivity contribution in [1.29, 1.82) is 0 Å².